The highest BCUT2D eigenvalue weighted by Crippen LogP contribution is 2.36. The van der Waals surface area contributed by atoms with Crippen molar-refractivity contribution in [1.82, 2.24) is 9.80 Å². The second kappa shape index (κ2) is 10.1. The first-order chi connectivity index (χ1) is 17.2. The third kappa shape index (κ3) is 4.61. The SMILES string of the molecule is O=C(O)[C@H]1O[C@@H](OC2CCC(C(=O)N3CC(=O)N4CCc5ccccc5C4C3)CC2)[C@H](O)[C@@H](O)[C@@H]1O. The molecule has 2 saturated heterocycles. The van der Waals surface area contributed by atoms with Crippen LogP contribution in [-0.4, -0.2) is 104 Å². The number of hydrogen-bond acceptors (Lipinski definition) is 8. The summed E-state index contributed by atoms with van der Waals surface area (Å²) < 4.78 is 11.0. The number of rotatable bonds is 4. The summed E-state index contributed by atoms with van der Waals surface area (Å²) >= 11 is 0. The minimum absolute atomic E-state index is 0.0386. The predicted octanol–water partition coefficient (Wildman–Crippen LogP) is -0.578. The Hall–Kier alpha value is -2.57. The van der Waals surface area contributed by atoms with Crippen LogP contribution in [0.25, 0.3) is 0 Å². The van der Waals surface area contributed by atoms with Crippen molar-refractivity contribution in [3.8, 4) is 0 Å². The Balaban J connectivity index is 1.18. The molecule has 1 unspecified atom stereocenters. The molecule has 196 valence electrons. The van der Waals surface area contributed by atoms with Crippen LogP contribution in [0.1, 0.15) is 42.9 Å². The summed E-state index contributed by atoms with van der Waals surface area (Å²) in [6.45, 7) is 1.21. The Labute approximate surface area is 208 Å². The van der Waals surface area contributed by atoms with Gasteiger partial charge in [-0.2, -0.15) is 0 Å². The van der Waals surface area contributed by atoms with Gasteiger partial charge in [0, 0.05) is 19.0 Å². The number of carbonyl (C=O) groups excluding carboxylic acids is 2. The van der Waals surface area contributed by atoms with E-state index in [2.05, 4.69) is 6.07 Å². The van der Waals surface area contributed by atoms with Gasteiger partial charge in [-0.3, -0.25) is 9.59 Å². The maximum absolute atomic E-state index is 13.4. The molecule has 0 aromatic heterocycles. The molecular formula is C25H32N2O9. The van der Waals surface area contributed by atoms with Crippen molar-refractivity contribution in [3.63, 3.8) is 0 Å². The third-order valence-electron chi connectivity index (χ3n) is 7.93. The molecule has 0 spiro atoms. The summed E-state index contributed by atoms with van der Waals surface area (Å²) in [7, 11) is 0. The maximum atomic E-state index is 13.4. The number of hydrogen-bond donors (Lipinski definition) is 4. The molecule has 6 atom stereocenters. The number of carboxylic acids is 1. The molecule has 1 aliphatic carbocycles. The van der Waals surface area contributed by atoms with E-state index in [1.54, 1.807) is 4.90 Å². The quantitative estimate of drug-likeness (QED) is 0.421. The van der Waals surface area contributed by atoms with E-state index in [0.29, 0.717) is 38.8 Å². The van der Waals surface area contributed by atoms with Crippen LogP contribution in [0, 0.1) is 5.92 Å². The summed E-state index contributed by atoms with van der Waals surface area (Å²) in [5.74, 6) is -1.82. The van der Waals surface area contributed by atoms with E-state index in [1.165, 1.54) is 5.56 Å². The lowest BCUT2D eigenvalue weighted by atomic mass is 9.85. The van der Waals surface area contributed by atoms with E-state index >= 15 is 0 Å². The van der Waals surface area contributed by atoms with Gasteiger partial charge in [-0.25, -0.2) is 4.79 Å². The topological polar surface area (TPSA) is 157 Å². The van der Waals surface area contributed by atoms with Gasteiger partial charge in [0.25, 0.3) is 0 Å². The number of carboxylic acid groups (broad SMARTS) is 1. The smallest absolute Gasteiger partial charge is 0.335 e. The number of aliphatic hydroxyl groups is 3. The van der Waals surface area contributed by atoms with Gasteiger partial charge in [-0.1, -0.05) is 24.3 Å². The van der Waals surface area contributed by atoms with Gasteiger partial charge in [0.1, 0.15) is 18.3 Å². The van der Waals surface area contributed by atoms with Crippen LogP contribution >= 0.6 is 0 Å². The van der Waals surface area contributed by atoms with E-state index in [4.69, 9.17) is 9.47 Å². The van der Waals surface area contributed by atoms with E-state index < -0.39 is 42.8 Å². The Bertz CT molecular complexity index is 1010. The van der Waals surface area contributed by atoms with Crippen LogP contribution in [-0.2, 0) is 30.3 Å². The average Bonchev–Trinajstić information content (AvgIpc) is 2.88. The zero-order chi connectivity index (χ0) is 25.6. The predicted molar refractivity (Wildman–Crippen MR) is 122 cm³/mol. The Morgan fingerprint density at radius 1 is 1.00 bits per heavy atom. The number of ether oxygens (including phenoxy) is 2. The summed E-state index contributed by atoms with van der Waals surface area (Å²) in [4.78, 5) is 41.1. The average molecular weight is 505 g/mol. The fourth-order valence-electron chi connectivity index (χ4n) is 5.90. The van der Waals surface area contributed by atoms with Crippen molar-refractivity contribution in [3.05, 3.63) is 35.4 Å². The molecule has 1 saturated carbocycles. The van der Waals surface area contributed by atoms with Gasteiger partial charge in [-0.05, 0) is 43.2 Å². The maximum Gasteiger partial charge on any atom is 0.335 e. The zero-order valence-electron chi connectivity index (χ0n) is 19.8. The van der Waals surface area contributed by atoms with Gasteiger partial charge in [0.15, 0.2) is 12.4 Å². The van der Waals surface area contributed by atoms with Crippen molar-refractivity contribution in [1.29, 1.82) is 0 Å². The van der Waals surface area contributed by atoms with Crippen molar-refractivity contribution in [2.45, 2.75) is 75.0 Å². The molecule has 1 aromatic rings. The number of amides is 2. The second-order valence-corrected chi connectivity index (χ2v) is 10.1. The molecule has 3 aliphatic heterocycles. The molecule has 2 amide bonds. The largest absolute Gasteiger partial charge is 0.479 e. The van der Waals surface area contributed by atoms with Crippen LogP contribution in [0.2, 0.25) is 0 Å². The monoisotopic (exact) mass is 504 g/mol. The minimum atomic E-state index is -1.77. The number of piperazine rings is 1. The molecule has 11 nitrogen and oxygen atoms in total. The molecular weight excluding hydrogens is 472 g/mol. The lowest BCUT2D eigenvalue weighted by molar-refractivity contribution is -0.306. The normalized spacial score (nSPS) is 36.7. The van der Waals surface area contributed by atoms with Crippen LogP contribution in [0.5, 0.6) is 0 Å². The minimum Gasteiger partial charge on any atom is -0.479 e. The molecule has 0 bridgehead atoms. The van der Waals surface area contributed by atoms with Crippen molar-refractivity contribution >= 4 is 17.8 Å². The Morgan fingerprint density at radius 2 is 1.72 bits per heavy atom. The molecule has 11 heteroatoms. The highest BCUT2D eigenvalue weighted by molar-refractivity contribution is 5.87. The highest BCUT2D eigenvalue weighted by atomic mass is 16.7. The van der Waals surface area contributed by atoms with Crippen LogP contribution in [0.15, 0.2) is 24.3 Å². The number of fused-ring (bicyclic) bond motifs is 3. The van der Waals surface area contributed by atoms with Crippen LogP contribution in [0.3, 0.4) is 0 Å². The van der Waals surface area contributed by atoms with E-state index in [9.17, 15) is 34.8 Å². The van der Waals surface area contributed by atoms with Crippen molar-refractivity contribution in [2.75, 3.05) is 19.6 Å². The molecule has 3 heterocycles. The number of aliphatic hydroxyl groups excluding tert-OH is 3. The van der Waals surface area contributed by atoms with Gasteiger partial charge in [0.05, 0.1) is 18.7 Å². The summed E-state index contributed by atoms with van der Waals surface area (Å²) in [6.07, 6.45) is -5.84. The van der Waals surface area contributed by atoms with Gasteiger partial charge in [0.2, 0.25) is 11.8 Å². The number of benzene rings is 1. The summed E-state index contributed by atoms with van der Waals surface area (Å²) in [6, 6.07) is 7.92. The molecule has 4 aliphatic rings. The van der Waals surface area contributed by atoms with Crippen LogP contribution < -0.4 is 0 Å². The number of nitrogens with zero attached hydrogens (tertiary/aromatic N) is 2. The van der Waals surface area contributed by atoms with Gasteiger partial charge < -0.3 is 39.7 Å². The standard InChI is InChI=1S/C25H32N2O9/c28-18-12-26(11-17-16-4-2-1-3-13(16)9-10-27(17)18)23(32)14-5-7-15(8-6-14)35-25-21(31)19(29)20(30)22(36-25)24(33)34/h1-4,14-15,17,19-22,25,29-31H,5-12H2,(H,33,34)/t14?,15?,17?,19-,20-,21+,22-,25+/m0/s1. The second-order valence-electron chi connectivity index (χ2n) is 10.1. The van der Waals surface area contributed by atoms with Crippen molar-refractivity contribution in [2.24, 2.45) is 5.92 Å². The lowest BCUT2D eigenvalue weighted by Crippen LogP contribution is -2.61. The molecule has 5 rings (SSSR count). The van der Waals surface area contributed by atoms with Crippen molar-refractivity contribution < 1.29 is 44.3 Å². The highest BCUT2D eigenvalue weighted by Gasteiger charge is 2.48. The van der Waals surface area contributed by atoms with E-state index in [1.807, 2.05) is 23.1 Å². The first-order valence-corrected chi connectivity index (χ1v) is 12.5. The summed E-state index contributed by atoms with van der Waals surface area (Å²) in [5.41, 5.74) is 2.32. The third-order valence-corrected chi connectivity index (χ3v) is 7.93. The molecule has 1 aromatic carbocycles. The number of aliphatic carboxylic acids is 1. The molecule has 4 N–H and O–H groups in total. The molecule has 3 fully saturated rings. The van der Waals surface area contributed by atoms with Gasteiger partial charge >= 0.3 is 5.97 Å². The molecule has 0 radical (unpaired) electrons. The Morgan fingerprint density at radius 3 is 2.44 bits per heavy atom. The summed E-state index contributed by atoms with van der Waals surface area (Å²) in [5, 5.41) is 39.2. The fraction of sp³-hybridized carbons (Fsp3) is 0.640. The Kier molecular flexibility index (Phi) is 7.01. The first kappa shape index (κ1) is 25.1. The number of carbonyl (C=O) groups is 3. The lowest BCUT2D eigenvalue weighted by Gasteiger charge is -2.45. The fourth-order valence-corrected chi connectivity index (χ4v) is 5.90. The van der Waals surface area contributed by atoms with Gasteiger partial charge in [-0.15, -0.1) is 0 Å². The van der Waals surface area contributed by atoms with E-state index in [0.717, 1.165) is 12.0 Å². The first-order valence-electron chi connectivity index (χ1n) is 12.5. The molecule has 36 heavy (non-hydrogen) atoms. The van der Waals surface area contributed by atoms with E-state index in [-0.39, 0.29) is 30.3 Å². The zero-order valence-corrected chi connectivity index (χ0v) is 19.8. The van der Waals surface area contributed by atoms with Crippen LogP contribution in [0.4, 0.5) is 0 Å².